The molecule has 0 spiro atoms. The summed E-state index contributed by atoms with van der Waals surface area (Å²) in [4.78, 5) is 13.5. The van der Waals surface area contributed by atoms with Crippen molar-refractivity contribution in [3.8, 4) is 0 Å². The van der Waals surface area contributed by atoms with Crippen molar-refractivity contribution in [2.75, 3.05) is 19.7 Å². The Morgan fingerprint density at radius 3 is 2.65 bits per heavy atom. The molecular weight excluding hydrogens is 220 g/mol. The summed E-state index contributed by atoms with van der Waals surface area (Å²) >= 11 is 0. The molecule has 0 fully saturated rings. The fourth-order valence-electron chi connectivity index (χ4n) is 1.83. The third kappa shape index (κ3) is 3.56. The van der Waals surface area contributed by atoms with Crippen LogP contribution in [0, 0.1) is 13.8 Å². The highest BCUT2D eigenvalue weighted by molar-refractivity contribution is 5.76. The number of amides is 1. The first kappa shape index (κ1) is 13.7. The van der Waals surface area contributed by atoms with Crippen LogP contribution in [0.3, 0.4) is 0 Å². The molecule has 0 saturated carbocycles. The minimum absolute atomic E-state index is 0.00486. The molecule has 1 aromatic rings. The maximum absolute atomic E-state index is 11.8. The average molecular weight is 240 g/mol. The number of hydrogen-bond acceptors (Lipinski definition) is 4. The third-order valence-electron chi connectivity index (χ3n) is 2.87. The van der Waals surface area contributed by atoms with Crippen LogP contribution in [-0.2, 0) is 11.2 Å². The van der Waals surface area contributed by atoms with E-state index in [0.717, 1.165) is 17.0 Å². The molecule has 1 heterocycles. The van der Waals surface area contributed by atoms with E-state index in [9.17, 15) is 4.79 Å². The predicted molar refractivity (Wildman–Crippen MR) is 63.6 cm³/mol. The molecule has 1 amide bonds. The van der Waals surface area contributed by atoms with Gasteiger partial charge in [-0.1, -0.05) is 5.16 Å². The zero-order valence-electron chi connectivity index (χ0n) is 10.7. The van der Waals surface area contributed by atoms with Crippen LogP contribution in [0.4, 0.5) is 0 Å². The fourth-order valence-corrected chi connectivity index (χ4v) is 1.83. The Bertz CT molecular complexity index is 354. The Hall–Kier alpha value is -1.36. The maximum atomic E-state index is 11.8. The average Bonchev–Trinajstić information content (AvgIpc) is 2.63. The van der Waals surface area contributed by atoms with Gasteiger partial charge in [0.05, 0.1) is 12.3 Å². The number of likely N-dealkylation sites (N-methyl/N-ethyl adjacent to an activating group) is 1. The molecule has 5 heteroatoms. The first-order valence-corrected chi connectivity index (χ1v) is 5.90. The van der Waals surface area contributed by atoms with Crippen LogP contribution in [0.5, 0.6) is 0 Å². The van der Waals surface area contributed by atoms with E-state index in [1.54, 1.807) is 4.90 Å². The number of aromatic nitrogens is 1. The maximum Gasteiger partial charge on any atom is 0.222 e. The van der Waals surface area contributed by atoms with E-state index in [1.165, 1.54) is 0 Å². The van der Waals surface area contributed by atoms with Crippen LogP contribution >= 0.6 is 0 Å². The van der Waals surface area contributed by atoms with E-state index in [0.29, 0.717) is 25.9 Å². The van der Waals surface area contributed by atoms with Gasteiger partial charge in [-0.05, 0) is 27.2 Å². The van der Waals surface area contributed by atoms with Crippen LogP contribution in [0.25, 0.3) is 0 Å². The summed E-state index contributed by atoms with van der Waals surface area (Å²) in [6, 6.07) is 0. The van der Waals surface area contributed by atoms with Crippen LogP contribution < -0.4 is 0 Å². The lowest BCUT2D eigenvalue weighted by Gasteiger charge is -2.19. The lowest BCUT2D eigenvalue weighted by Crippen LogP contribution is -2.33. The van der Waals surface area contributed by atoms with Gasteiger partial charge >= 0.3 is 0 Å². The van der Waals surface area contributed by atoms with E-state index in [-0.39, 0.29) is 12.5 Å². The van der Waals surface area contributed by atoms with E-state index in [4.69, 9.17) is 9.63 Å². The predicted octanol–water partition coefficient (Wildman–Crippen LogP) is 1.06. The van der Waals surface area contributed by atoms with Crippen molar-refractivity contribution >= 4 is 5.91 Å². The van der Waals surface area contributed by atoms with Crippen molar-refractivity contribution in [2.24, 2.45) is 0 Å². The second kappa shape index (κ2) is 6.39. The normalized spacial score (nSPS) is 10.6. The smallest absolute Gasteiger partial charge is 0.222 e. The minimum Gasteiger partial charge on any atom is -0.395 e. The second-order valence-corrected chi connectivity index (χ2v) is 4.00. The minimum atomic E-state index is 0.00486. The molecule has 0 atom stereocenters. The van der Waals surface area contributed by atoms with Gasteiger partial charge in [0.1, 0.15) is 5.76 Å². The summed E-state index contributed by atoms with van der Waals surface area (Å²) in [6.07, 6.45) is 1.07. The first-order chi connectivity index (χ1) is 8.10. The van der Waals surface area contributed by atoms with Crippen LogP contribution in [-0.4, -0.2) is 40.8 Å². The topological polar surface area (TPSA) is 66.6 Å². The Labute approximate surface area is 101 Å². The van der Waals surface area contributed by atoms with Gasteiger partial charge in [0, 0.05) is 25.1 Å². The third-order valence-corrected chi connectivity index (χ3v) is 2.87. The van der Waals surface area contributed by atoms with Crippen LogP contribution in [0.2, 0.25) is 0 Å². The molecule has 1 aromatic heterocycles. The van der Waals surface area contributed by atoms with E-state index >= 15 is 0 Å². The number of hydrogen-bond donors (Lipinski definition) is 1. The largest absolute Gasteiger partial charge is 0.395 e. The lowest BCUT2D eigenvalue weighted by molar-refractivity contribution is -0.131. The first-order valence-electron chi connectivity index (χ1n) is 5.90. The van der Waals surface area contributed by atoms with Gasteiger partial charge in [0.25, 0.3) is 0 Å². The fraction of sp³-hybridized carbons (Fsp3) is 0.667. The Morgan fingerprint density at radius 1 is 1.47 bits per heavy atom. The molecule has 0 aliphatic rings. The molecule has 0 unspecified atom stereocenters. The summed E-state index contributed by atoms with van der Waals surface area (Å²) in [5.41, 5.74) is 1.86. The van der Waals surface area contributed by atoms with Crippen molar-refractivity contribution in [1.29, 1.82) is 0 Å². The highest BCUT2D eigenvalue weighted by atomic mass is 16.5. The molecule has 0 bridgehead atoms. The summed E-state index contributed by atoms with van der Waals surface area (Å²) < 4.78 is 5.05. The van der Waals surface area contributed by atoms with Crippen LogP contribution in [0.15, 0.2) is 4.52 Å². The van der Waals surface area contributed by atoms with Crippen molar-refractivity contribution in [3.63, 3.8) is 0 Å². The molecule has 5 nitrogen and oxygen atoms in total. The molecule has 96 valence electrons. The van der Waals surface area contributed by atoms with Gasteiger partial charge < -0.3 is 14.5 Å². The highest BCUT2D eigenvalue weighted by Gasteiger charge is 2.14. The summed E-state index contributed by atoms with van der Waals surface area (Å²) in [5.74, 6) is 0.835. The monoisotopic (exact) mass is 240 g/mol. The SMILES string of the molecule is CCN(CCO)C(=O)CCc1c(C)noc1C. The molecule has 0 aromatic carbocycles. The van der Waals surface area contributed by atoms with Crippen molar-refractivity contribution < 1.29 is 14.4 Å². The number of aliphatic hydroxyl groups is 1. The standard InChI is InChI=1S/C12H20N2O3/c1-4-14(7-8-15)12(16)6-5-11-9(2)13-17-10(11)3/h15H,4-8H2,1-3H3. The zero-order chi connectivity index (χ0) is 12.8. The number of aryl methyl sites for hydroxylation is 2. The summed E-state index contributed by atoms with van der Waals surface area (Å²) in [7, 11) is 0. The van der Waals surface area contributed by atoms with E-state index in [2.05, 4.69) is 5.16 Å². The van der Waals surface area contributed by atoms with Crippen LogP contribution in [0.1, 0.15) is 30.4 Å². The van der Waals surface area contributed by atoms with Crippen molar-refractivity contribution in [2.45, 2.75) is 33.6 Å². The Balaban J connectivity index is 2.53. The van der Waals surface area contributed by atoms with Gasteiger partial charge in [0.15, 0.2) is 0 Å². The molecule has 0 saturated heterocycles. The molecule has 0 radical (unpaired) electrons. The molecular formula is C12H20N2O3. The number of aliphatic hydroxyl groups excluding tert-OH is 1. The molecule has 17 heavy (non-hydrogen) atoms. The highest BCUT2D eigenvalue weighted by Crippen LogP contribution is 2.14. The van der Waals surface area contributed by atoms with Crippen molar-refractivity contribution in [1.82, 2.24) is 10.1 Å². The van der Waals surface area contributed by atoms with Gasteiger partial charge in [-0.15, -0.1) is 0 Å². The number of rotatable bonds is 6. The van der Waals surface area contributed by atoms with Gasteiger partial charge in [-0.25, -0.2) is 0 Å². The number of carbonyl (C=O) groups excluding carboxylic acids is 1. The molecule has 1 N–H and O–H groups in total. The Morgan fingerprint density at radius 2 is 2.18 bits per heavy atom. The van der Waals surface area contributed by atoms with Crippen molar-refractivity contribution in [3.05, 3.63) is 17.0 Å². The molecule has 1 rings (SSSR count). The summed E-state index contributed by atoms with van der Waals surface area (Å²) in [6.45, 7) is 6.67. The van der Waals surface area contributed by atoms with Gasteiger partial charge in [-0.2, -0.15) is 0 Å². The zero-order valence-corrected chi connectivity index (χ0v) is 10.7. The van der Waals surface area contributed by atoms with Gasteiger partial charge in [0.2, 0.25) is 5.91 Å². The van der Waals surface area contributed by atoms with E-state index in [1.807, 2.05) is 20.8 Å². The lowest BCUT2D eigenvalue weighted by atomic mass is 10.1. The number of carbonyl (C=O) groups is 1. The molecule has 0 aliphatic carbocycles. The quantitative estimate of drug-likeness (QED) is 0.807. The van der Waals surface area contributed by atoms with E-state index < -0.39 is 0 Å². The summed E-state index contributed by atoms with van der Waals surface area (Å²) in [5, 5.41) is 12.7. The molecule has 0 aliphatic heterocycles. The number of nitrogens with zero attached hydrogens (tertiary/aromatic N) is 2. The van der Waals surface area contributed by atoms with Gasteiger partial charge in [-0.3, -0.25) is 4.79 Å². The second-order valence-electron chi connectivity index (χ2n) is 4.00. The Kier molecular flexibility index (Phi) is 5.15.